The lowest BCUT2D eigenvalue weighted by molar-refractivity contribution is -0.603. The van der Waals surface area contributed by atoms with Crippen LogP contribution in [0.5, 0.6) is 0 Å². The lowest BCUT2D eigenvalue weighted by Gasteiger charge is -2.35. The van der Waals surface area contributed by atoms with Crippen molar-refractivity contribution in [2.75, 3.05) is 54.9 Å². The second-order valence-corrected chi connectivity index (χ2v) is 10.9. The Morgan fingerprint density at radius 1 is 1.05 bits per heavy atom. The van der Waals surface area contributed by atoms with Crippen LogP contribution in [0.1, 0.15) is 53.7 Å². The second kappa shape index (κ2) is 13.2. The number of pyridine rings is 2. The summed E-state index contributed by atoms with van der Waals surface area (Å²) < 4.78 is 0.866. The van der Waals surface area contributed by atoms with Crippen molar-refractivity contribution in [2.45, 2.75) is 44.6 Å². The van der Waals surface area contributed by atoms with Gasteiger partial charge in [0.05, 0.1) is 24.1 Å². The normalized spacial score (nSPS) is 17.4. The molecule has 0 bridgehead atoms. The Hall–Kier alpha value is -4.56. The Kier molecular flexibility index (Phi) is 9.16. The predicted octanol–water partition coefficient (Wildman–Crippen LogP) is 2.02. The molecule has 0 radical (unpaired) electrons. The number of nitrogens with zero attached hydrogens (tertiary/aromatic N) is 6. The molecule has 14 nitrogen and oxygen atoms in total. The molecule has 1 amide bonds. The van der Waals surface area contributed by atoms with Gasteiger partial charge in [0.25, 0.3) is 18.2 Å². The van der Waals surface area contributed by atoms with E-state index in [9.17, 15) is 10.0 Å². The molecule has 0 atom stereocenters. The van der Waals surface area contributed by atoms with Crippen LogP contribution in [0.15, 0.2) is 36.8 Å². The van der Waals surface area contributed by atoms with Crippen LogP contribution in [0.25, 0.3) is 0 Å². The molecule has 5 N–H and O–H groups in total. The van der Waals surface area contributed by atoms with E-state index in [1.807, 2.05) is 25.3 Å². The van der Waals surface area contributed by atoms with E-state index in [2.05, 4.69) is 40.7 Å². The number of amides is 1. The molecule has 3 aromatic heterocycles. The van der Waals surface area contributed by atoms with Gasteiger partial charge >= 0.3 is 0 Å². The van der Waals surface area contributed by atoms with Gasteiger partial charge in [-0.05, 0) is 37.5 Å². The number of piperazine rings is 1. The third-order valence-corrected chi connectivity index (χ3v) is 8.23. The standard InChI is InChI=1S/C28H35N9O3.CH2O2/c1-19-15-24(37(40)26-25(19)27(39)34-28(26)7-3-2-4-8-28)33-23-16-22(30-18-31-23)32-21-6-5-20(17-29-21)36-11-9-35(10-12-36)13-14-38;2-1-3/h5-6,15-18,38H,2-4,7-14H2,1H3,(H,34,39)(H2,29,30,31,32,33);1H,(H,2,3). The van der Waals surface area contributed by atoms with Crippen molar-refractivity contribution in [1.82, 2.24) is 25.2 Å². The van der Waals surface area contributed by atoms with Crippen LogP contribution in [0, 0.1) is 12.1 Å². The van der Waals surface area contributed by atoms with Crippen LogP contribution >= 0.6 is 0 Å². The van der Waals surface area contributed by atoms with Crippen LogP contribution in [0.3, 0.4) is 0 Å². The van der Waals surface area contributed by atoms with Crippen LogP contribution in [-0.2, 0) is 10.3 Å². The Balaban J connectivity index is 0.00000118. The molecule has 0 aromatic carbocycles. The molecule has 6 rings (SSSR count). The number of rotatable bonds is 7. The SMILES string of the molecule is Cc1cc(Nc2cc(Nc3ccc(N4CCN(CCO)CC4)cn3)ncn2)[n+]([O-])c2c1C(=O)NC21CCCCC1.O=CO. The number of aliphatic hydroxyl groups excluding tert-OH is 1. The van der Waals surface area contributed by atoms with Crippen LogP contribution < -0.4 is 25.6 Å². The summed E-state index contributed by atoms with van der Waals surface area (Å²) in [5, 5.41) is 39.1. The van der Waals surface area contributed by atoms with Gasteiger partial charge < -0.3 is 31.0 Å². The summed E-state index contributed by atoms with van der Waals surface area (Å²) in [6.07, 6.45) is 7.87. The van der Waals surface area contributed by atoms with Crippen molar-refractivity contribution in [2.24, 2.45) is 0 Å². The van der Waals surface area contributed by atoms with Crippen molar-refractivity contribution in [3.05, 3.63) is 58.8 Å². The topological polar surface area (TPSA) is 183 Å². The molecule has 0 unspecified atom stereocenters. The second-order valence-electron chi connectivity index (χ2n) is 10.9. The molecular formula is C29H37N9O5. The first-order valence-corrected chi connectivity index (χ1v) is 14.5. The summed E-state index contributed by atoms with van der Waals surface area (Å²) >= 11 is 0. The molecule has 228 valence electrons. The minimum Gasteiger partial charge on any atom is -0.710 e. The van der Waals surface area contributed by atoms with Crippen molar-refractivity contribution in [3.8, 4) is 0 Å². The third-order valence-electron chi connectivity index (χ3n) is 8.23. The van der Waals surface area contributed by atoms with Gasteiger partial charge in [0.2, 0.25) is 5.82 Å². The Morgan fingerprint density at radius 3 is 2.40 bits per heavy atom. The summed E-state index contributed by atoms with van der Waals surface area (Å²) in [6.45, 7) is 6.12. The summed E-state index contributed by atoms with van der Waals surface area (Å²) in [4.78, 5) is 38.9. The molecule has 3 aromatic rings. The fraction of sp³-hybridized carbons (Fsp3) is 0.448. The minimum atomic E-state index is -0.599. The first-order chi connectivity index (χ1) is 20.9. The highest BCUT2D eigenvalue weighted by atomic mass is 16.5. The van der Waals surface area contributed by atoms with E-state index in [-0.39, 0.29) is 19.0 Å². The van der Waals surface area contributed by atoms with Crippen molar-refractivity contribution in [1.29, 1.82) is 0 Å². The summed E-state index contributed by atoms with van der Waals surface area (Å²) in [7, 11) is 0. The molecule has 2 fully saturated rings. The monoisotopic (exact) mass is 591 g/mol. The van der Waals surface area contributed by atoms with E-state index in [0.717, 1.165) is 74.3 Å². The number of anilines is 5. The van der Waals surface area contributed by atoms with Gasteiger partial charge in [-0.2, -0.15) is 4.98 Å². The lowest BCUT2D eigenvalue weighted by atomic mass is 9.79. The molecule has 14 heteroatoms. The largest absolute Gasteiger partial charge is 0.710 e. The van der Waals surface area contributed by atoms with Gasteiger partial charge in [-0.3, -0.25) is 14.5 Å². The number of carboxylic acid groups (broad SMARTS) is 1. The Morgan fingerprint density at radius 2 is 1.74 bits per heavy atom. The molecule has 1 saturated carbocycles. The van der Waals surface area contributed by atoms with Crippen molar-refractivity contribution in [3.63, 3.8) is 0 Å². The number of hydrogen-bond donors (Lipinski definition) is 5. The zero-order valence-electron chi connectivity index (χ0n) is 24.1. The molecule has 1 saturated heterocycles. The molecular weight excluding hydrogens is 554 g/mol. The zero-order valence-corrected chi connectivity index (χ0v) is 24.1. The molecule has 43 heavy (non-hydrogen) atoms. The van der Waals surface area contributed by atoms with Crippen LogP contribution in [-0.4, -0.2) is 81.8 Å². The van der Waals surface area contributed by atoms with Crippen LogP contribution in [0.2, 0.25) is 0 Å². The van der Waals surface area contributed by atoms with E-state index in [1.165, 1.54) is 6.33 Å². The maximum absolute atomic E-state index is 13.6. The zero-order chi connectivity index (χ0) is 30.4. The number of carbonyl (C=O) groups excluding carboxylic acids is 1. The number of nitrogens with one attached hydrogen (secondary N) is 3. The van der Waals surface area contributed by atoms with E-state index in [0.29, 0.717) is 41.1 Å². The third kappa shape index (κ3) is 6.44. The Labute approximate surface area is 249 Å². The quantitative estimate of drug-likeness (QED) is 0.153. The van der Waals surface area contributed by atoms with Gasteiger partial charge in [-0.25, -0.2) is 20.0 Å². The number of hydrogen-bond acceptors (Lipinski definition) is 11. The van der Waals surface area contributed by atoms with Gasteiger partial charge in [0, 0.05) is 44.9 Å². The predicted molar refractivity (Wildman–Crippen MR) is 160 cm³/mol. The van der Waals surface area contributed by atoms with E-state index in [1.54, 1.807) is 12.1 Å². The lowest BCUT2D eigenvalue weighted by Crippen LogP contribution is -2.49. The fourth-order valence-electron chi connectivity index (χ4n) is 6.18. The maximum Gasteiger partial charge on any atom is 0.290 e. The molecule has 2 aliphatic heterocycles. The smallest absolute Gasteiger partial charge is 0.290 e. The molecule has 1 spiro atoms. The molecule has 5 heterocycles. The maximum atomic E-state index is 13.6. The van der Waals surface area contributed by atoms with Gasteiger partial charge in [0.15, 0.2) is 0 Å². The van der Waals surface area contributed by atoms with E-state index >= 15 is 0 Å². The highest BCUT2D eigenvalue weighted by Gasteiger charge is 2.48. The van der Waals surface area contributed by atoms with E-state index < -0.39 is 5.54 Å². The summed E-state index contributed by atoms with van der Waals surface area (Å²) in [6, 6.07) is 7.36. The first kappa shape index (κ1) is 29.9. The number of aromatic nitrogens is 4. The van der Waals surface area contributed by atoms with Crippen LogP contribution in [0.4, 0.5) is 29.0 Å². The first-order valence-electron chi connectivity index (χ1n) is 14.5. The van der Waals surface area contributed by atoms with Gasteiger partial charge in [0.1, 0.15) is 29.2 Å². The number of β-amino-alcohol motifs (C(OH)–C–C–N with tert-alkyl or cyclic N) is 1. The number of carbonyl (C=O) groups is 2. The summed E-state index contributed by atoms with van der Waals surface area (Å²) in [5.74, 6) is 1.79. The minimum absolute atomic E-state index is 0.165. The Bertz CT molecular complexity index is 1440. The fourth-order valence-corrected chi connectivity index (χ4v) is 6.18. The highest BCUT2D eigenvalue weighted by molar-refractivity contribution is 6.00. The number of aliphatic hydroxyl groups is 1. The highest BCUT2D eigenvalue weighted by Crippen LogP contribution is 2.42. The average Bonchev–Trinajstić information content (AvgIpc) is 3.29. The molecule has 3 aliphatic rings. The van der Waals surface area contributed by atoms with Gasteiger partial charge in [-0.15, -0.1) is 0 Å². The summed E-state index contributed by atoms with van der Waals surface area (Å²) in [5.41, 5.74) is 2.23. The van der Waals surface area contributed by atoms with Crippen molar-refractivity contribution >= 4 is 41.3 Å². The molecule has 1 aliphatic carbocycles. The average molecular weight is 592 g/mol. The number of fused-ring (bicyclic) bond motifs is 2. The van der Waals surface area contributed by atoms with E-state index in [4.69, 9.17) is 15.0 Å². The van der Waals surface area contributed by atoms with Crippen molar-refractivity contribution < 1.29 is 24.5 Å². The van der Waals surface area contributed by atoms with Gasteiger partial charge in [-0.1, -0.05) is 19.3 Å². The number of aryl methyl sites for hydroxylation is 1.